The summed E-state index contributed by atoms with van der Waals surface area (Å²) in [4.78, 5) is 14.5. The molecule has 1 rings (SSSR count). The Kier molecular flexibility index (Phi) is 3.90. The first kappa shape index (κ1) is 11.8. The van der Waals surface area contributed by atoms with E-state index in [2.05, 4.69) is 15.0 Å². The van der Waals surface area contributed by atoms with E-state index < -0.39 is 0 Å². The Balaban J connectivity index is 3.09. The summed E-state index contributed by atoms with van der Waals surface area (Å²) in [6, 6.07) is 1.80. The van der Waals surface area contributed by atoms with Crippen LogP contribution in [0.15, 0.2) is 11.1 Å². The number of aromatic nitrogens is 2. The van der Waals surface area contributed by atoms with Gasteiger partial charge in [-0.2, -0.15) is 4.98 Å². The van der Waals surface area contributed by atoms with E-state index in [1.807, 2.05) is 32.2 Å². The zero-order valence-corrected chi connectivity index (χ0v) is 10.2. The van der Waals surface area contributed by atoms with Crippen molar-refractivity contribution in [3.8, 4) is 0 Å². The molecule has 0 radical (unpaired) electrons. The Morgan fingerprint density at radius 3 is 2.67 bits per heavy atom. The Morgan fingerprint density at radius 1 is 1.47 bits per heavy atom. The minimum Gasteiger partial charge on any atom is -0.378 e. The van der Waals surface area contributed by atoms with Crippen LogP contribution in [-0.2, 0) is 0 Å². The van der Waals surface area contributed by atoms with Crippen molar-refractivity contribution >= 4 is 28.7 Å². The van der Waals surface area contributed by atoms with Crippen molar-refractivity contribution in [2.45, 2.75) is 6.92 Å². The van der Waals surface area contributed by atoms with Gasteiger partial charge in [0, 0.05) is 25.9 Å². The zero-order valence-electron chi connectivity index (χ0n) is 9.35. The van der Waals surface area contributed by atoms with Crippen molar-refractivity contribution in [2.75, 3.05) is 25.3 Å². The van der Waals surface area contributed by atoms with Crippen LogP contribution in [0.1, 0.15) is 5.69 Å². The van der Waals surface area contributed by atoms with Gasteiger partial charge in [0.05, 0.1) is 0 Å². The summed E-state index contributed by atoms with van der Waals surface area (Å²) in [5.41, 5.74) is 6.50. The minimum absolute atomic E-state index is 0.498. The van der Waals surface area contributed by atoms with Gasteiger partial charge in [-0.1, -0.05) is 11.8 Å². The van der Waals surface area contributed by atoms with Crippen molar-refractivity contribution in [1.82, 2.24) is 9.97 Å². The van der Waals surface area contributed by atoms with E-state index in [1.54, 1.807) is 6.07 Å². The molecule has 1 heterocycles. The summed E-state index contributed by atoms with van der Waals surface area (Å²) in [6.07, 6.45) is 1.87. The number of aryl methyl sites for hydroxylation is 1. The van der Waals surface area contributed by atoms with Crippen LogP contribution in [0.4, 0.5) is 11.8 Å². The maximum atomic E-state index is 5.62. The second-order valence-electron chi connectivity index (χ2n) is 3.22. The molecule has 1 aromatic heterocycles. The lowest BCUT2D eigenvalue weighted by atomic mass is 10.4. The van der Waals surface area contributed by atoms with Crippen LogP contribution >= 0.6 is 11.8 Å². The van der Waals surface area contributed by atoms with Gasteiger partial charge in [0.25, 0.3) is 0 Å². The van der Waals surface area contributed by atoms with Gasteiger partial charge in [-0.15, -0.1) is 0 Å². The van der Waals surface area contributed by atoms with Crippen LogP contribution in [0, 0.1) is 6.92 Å². The number of amidine groups is 1. The zero-order chi connectivity index (χ0) is 11.4. The van der Waals surface area contributed by atoms with Crippen LogP contribution in [0.25, 0.3) is 0 Å². The lowest BCUT2D eigenvalue weighted by Gasteiger charge is -2.10. The van der Waals surface area contributed by atoms with Gasteiger partial charge < -0.3 is 10.6 Å². The highest BCUT2D eigenvalue weighted by Crippen LogP contribution is 2.15. The fourth-order valence-electron chi connectivity index (χ4n) is 0.952. The summed E-state index contributed by atoms with van der Waals surface area (Å²) in [7, 11) is 3.78. The lowest BCUT2D eigenvalue weighted by molar-refractivity contribution is 0.975. The Morgan fingerprint density at radius 2 is 2.13 bits per heavy atom. The first-order chi connectivity index (χ1) is 7.02. The summed E-state index contributed by atoms with van der Waals surface area (Å²) in [5.74, 6) is 1.24. The van der Waals surface area contributed by atoms with Crippen LogP contribution in [0.2, 0.25) is 0 Å². The number of thioether (sulfide) groups is 1. The van der Waals surface area contributed by atoms with E-state index in [4.69, 9.17) is 5.73 Å². The van der Waals surface area contributed by atoms with Gasteiger partial charge in [0.2, 0.25) is 5.95 Å². The highest BCUT2D eigenvalue weighted by atomic mass is 32.2. The second-order valence-corrected chi connectivity index (χ2v) is 4.04. The highest BCUT2D eigenvalue weighted by molar-refractivity contribution is 8.13. The molecule has 0 amide bonds. The molecule has 0 saturated carbocycles. The SMILES string of the molecule is CSC(N)=Nc1cc(C)nc(N(C)C)n1. The molecule has 0 saturated heterocycles. The number of nitrogens with zero attached hydrogens (tertiary/aromatic N) is 4. The van der Waals surface area contributed by atoms with Gasteiger partial charge in [-0.25, -0.2) is 9.98 Å². The predicted molar refractivity (Wildman–Crippen MR) is 65.9 cm³/mol. The smallest absolute Gasteiger partial charge is 0.227 e. The molecule has 6 heteroatoms. The molecule has 0 fully saturated rings. The number of anilines is 1. The van der Waals surface area contributed by atoms with Crippen LogP contribution in [0.3, 0.4) is 0 Å². The fraction of sp³-hybridized carbons (Fsp3) is 0.444. The normalized spacial score (nSPS) is 11.6. The Hall–Kier alpha value is -1.30. The van der Waals surface area contributed by atoms with Crippen LogP contribution < -0.4 is 10.6 Å². The summed E-state index contributed by atoms with van der Waals surface area (Å²) in [5, 5.41) is 0.498. The van der Waals surface area contributed by atoms with E-state index in [0.717, 1.165) is 5.69 Å². The van der Waals surface area contributed by atoms with E-state index in [1.165, 1.54) is 11.8 Å². The molecule has 2 N–H and O–H groups in total. The molecule has 0 aromatic carbocycles. The highest BCUT2D eigenvalue weighted by Gasteiger charge is 2.03. The standard InChI is InChI=1S/C9H15N5S/c1-6-5-7(12-8(10)15-4)13-9(11-6)14(2)3/h5H,1-4H3,(H2,10,11,12,13). The maximum absolute atomic E-state index is 5.62. The van der Waals surface area contributed by atoms with Crippen molar-refractivity contribution in [3.63, 3.8) is 0 Å². The molecule has 1 aromatic rings. The van der Waals surface area contributed by atoms with Crippen molar-refractivity contribution in [3.05, 3.63) is 11.8 Å². The number of hydrogen-bond acceptors (Lipinski definition) is 5. The molecule has 0 unspecified atom stereocenters. The first-order valence-corrected chi connectivity index (χ1v) is 5.66. The monoisotopic (exact) mass is 225 g/mol. The minimum atomic E-state index is 0.498. The molecule has 0 spiro atoms. The molecular weight excluding hydrogens is 210 g/mol. The topological polar surface area (TPSA) is 67.4 Å². The molecular formula is C9H15N5S. The quantitative estimate of drug-likeness (QED) is 0.604. The number of hydrogen-bond donors (Lipinski definition) is 1. The van der Waals surface area contributed by atoms with Gasteiger partial charge in [0.1, 0.15) is 0 Å². The van der Waals surface area contributed by atoms with Crippen molar-refractivity contribution in [1.29, 1.82) is 0 Å². The van der Waals surface area contributed by atoms with Crippen LogP contribution in [-0.4, -0.2) is 35.5 Å². The first-order valence-electron chi connectivity index (χ1n) is 4.44. The Labute approximate surface area is 93.8 Å². The van der Waals surface area contributed by atoms with Gasteiger partial charge >= 0.3 is 0 Å². The van der Waals surface area contributed by atoms with Crippen molar-refractivity contribution in [2.24, 2.45) is 10.7 Å². The van der Waals surface area contributed by atoms with E-state index >= 15 is 0 Å². The van der Waals surface area contributed by atoms with E-state index in [-0.39, 0.29) is 0 Å². The third kappa shape index (κ3) is 3.39. The van der Waals surface area contributed by atoms with Crippen LogP contribution in [0.5, 0.6) is 0 Å². The molecule has 15 heavy (non-hydrogen) atoms. The van der Waals surface area contributed by atoms with Crippen molar-refractivity contribution < 1.29 is 0 Å². The Bertz CT molecular complexity index is 375. The molecule has 0 atom stereocenters. The lowest BCUT2D eigenvalue weighted by Crippen LogP contribution is -2.13. The third-order valence-corrected chi connectivity index (χ3v) is 2.17. The van der Waals surface area contributed by atoms with Gasteiger partial charge in [-0.3, -0.25) is 0 Å². The largest absolute Gasteiger partial charge is 0.378 e. The average molecular weight is 225 g/mol. The molecule has 0 bridgehead atoms. The van der Waals surface area contributed by atoms with E-state index in [0.29, 0.717) is 16.9 Å². The van der Waals surface area contributed by atoms with Gasteiger partial charge in [0.15, 0.2) is 11.0 Å². The molecule has 82 valence electrons. The summed E-state index contributed by atoms with van der Waals surface area (Å²) < 4.78 is 0. The number of rotatable bonds is 2. The number of nitrogens with two attached hydrogens (primary N) is 1. The van der Waals surface area contributed by atoms with E-state index in [9.17, 15) is 0 Å². The molecule has 0 aliphatic rings. The molecule has 0 aliphatic heterocycles. The number of aliphatic imine (C=N–C) groups is 1. The average Bonchev–Trinajstić information content (AvgIpc) is 2.16. The maximum Gasteiger partial charge on any atom is 0.227 e. The second kappa shape index (κ2) is 4.97. The molecule has 0 aliphatic carbocycles. The summed E-state index contributed by atoms with van der Waals surface area (Å²) >= 11 is 1.39. The predicted octanol–water partition coefficient (Wildman–Crippen LogP) is 1.16. The fourth-order valence-corrected chi connectivity index (χ4v) is 1.14. The molecule has 5 nitrogen and oxygen atoms in total. The van der Waals surface area contributed by atoms with Gasteiger partial charge in [-0.05, 0) is 13.2 Å². The summed E-state index contributed by atoms with van der Waals surface area (Å²) in [6.45, 7) is 1.91. The third-order valence-electron chi connectivity index (χ3n) is 1.66.